The Morgan fingerprint density at radius 3 is 2.94 bits per heavy atom. The number of nitrogens with zero attached hydrogens (tertiary/aromatic N) is 1. The fraction of sp³-hybridized carbons (Fsp3) is 0.545. The molecule has 0 aliphatic rings. The number of hydrogen-bond donors (Lipinski definition) is 0. The van der Waals surface area contributed by atoms with Crippen molar-refractivity contribution >= 4 is 33.2 Å². The van der Waals surface area contributed by atoms with Gasteiger partial charge in [-0.1, -0.05) is 0 Å². The number of carbonyl (C=O) groups excluding carboxylic acids is 1. The molecule has 0 fully saturated rings. The maximum Gasteiger partial charge on any atom is 0.305 e. The van der Waals surface area contributed by atoms with Crippen LogP contribution in [0.4, 0.5) is 0 Å². The highest BCUT2D eigenvalue weighted by Gasteiger charge is 2.05. The molecule has 16 heavy (non-hydrogen) atoms. The molecule has 1 aromatic heterocycles. The van der Waals surface area contributed by atoms with Crippen LogP contribution in [0, 0.1) is 0 Å². The molecule has 0 amide bonds. The monoisotopic (exact) mass is 305 g/mol. The van der Waals surface area contributed by atoms with Gasteiger partial charge in [0.1, 0.15) is 0 Å². The van der Waals surface area contributed by atoms with Gasteiger partial charge >= 0.3 is 5.97 Å². The van der Waals surface area contributed by atoms with Crippen LogP contribution in [0.25, 0.3) is 0 Å². The average Bonchev–Trinajstić information content (AvgIpc) is 2.63. The SMILES string of the molecule is COC(=O)CCCN(C)Cc1cc(Br)cs1. The van der Waals surface area contributed by atoms with E-state index in [-0.39, 0.29) is 5.97 Å². The Hall–Kier alpha value is -0.390. The molecule has 5 heteroatoms. The third-order valence-corrected chi connectivity index (χ3v) is 3.88. The average molecular weight is 306 g/mol. The lowest BCUT2D eigenvalue weighted by Crippen LogP contribution is -2.19. The van der Waals surface area contributed by atoms with Crippen LogP contribution < -0.4 is 0 Å². The first-order chi connectivity index (χ1) is 7.61. The number of ether oxygens (including phenoxy) is 1. The van der Waals surface area contributed by atoms with E-state index >= 15 is 0 Å². The summed E-state index contributed by atoms with van der Waals surface area (Å²) in [7, 11) is 3.49. The molecule has 0 saturated carbocycles. The number of thiophene rings is 1. The normalized spacial score (nSPS) is 10.8. The largest absolute Gasteiger partial charge is 0.469 e. The Balaban J connectivity index is 2.20. The third-order valence-electron chi connectivity index (χ3n) is 2.20. The van der Waals surface area contributed by atoms with E-state index in [1.807, 2.05) is 0 Å². The van der Waals surface area contributed by atoms with Crippen molar-refractivity contribution in [3.8, 4) is 0 Å². The Morgan fingerprint density at radius 1 is 1.62 bits per heavy atom. The molecule has 0 spiro atoms. The topological polar surface area (TPSA) is 29.5 Å². The van der Waals surface area contributed by atoms with Gasteiger partial charge in [-0.05, 0) is 42.0 Å². The van der Waals surface area contributed by atoms with Crippen LogP contribution in [0.3, 0.4) is 0 Å². The molecule has 0 aliphatic heterocycles. The lowest BCUT2D eigenvalue weighted by Gasteiger charge is -2.14. The quantitative estimate of drug-likeness (QED) is 0.757. The second-order valence-electron chi connectivity index (χ2n) is 3.65. The maximum atomic E-state index is 10.9. The Kier molecular flexibility index (Phi) is 6.01. The number of halogens is 1. The van der Waals surface area contributed by atoms with E-state index in [0.717, 1.165) is 24.0 Å². The number of esters is 1. The van der Waals surface area contributed by atoms with Gasteiger partial charge in [0.05, 0.1) is 7.11 Å². The van der Waals surface area contributed by atoms with E-state index in [1.165, 1.54) is 12.0 Å². The van der Waals surface area contributed by atoms with Gasteiger partial charge in [-0.15, -0.1) is 11.3 Å². The molecule has 0 bridgehead atoms. The summed E-state index contributed by atoms with van der Waals surface area (Å²) in [4.78, 5) is 14.4. The molecule has 0 atom stereocenters. The van der Waals surface area contributed by atoms with Crippen LogP contribution in [-0.2, 0) is 16.1 Å². The van der Waals surface area contributed by atoms with Crippen LogP contribution >= 0.6 is 27.3 Å². The van der Waals surface area contributed by atoms with Gasteiger partial charge in [-0.25, -0.2) is 0 Å². The molecule has 3 nitrogen and oxygen atoms in total. The summed E-state index contributed by atoms with van der Waals surface area (Å²) in [6.07, 6.45) is 1.34. The molecule has 1 rings (SSSR count). The number of carbonyl (C=O) groups is 1. The second kappa shape index (κ2) is 7.04. The highest BCUT2D eigenvalue weighted by Crippen LogP contribution is 2.20. The molecular weight excluding hydrogens is 290 g/mol. The summed E-state index contributed by atoms with van der Waals surface area (Å²) in [5, 5.41) is 2.08. The minimum absolute atomic E-state index is 0.132. The van der Waals surface area contributed by atoms with Crippen molar-refractivity contribution in [3.05, 3.63) is 20.8 Å². The van der Waals surface area contributed by atoms with Crippen LogP contribution in [0.5, 0.6) is 0 Å². The van der Waals surface area contributed by atoms with Gasteiger partial charge in [0.25, 0.3) is 0 Å². The number of methoxy groups -OCH3 is 1. The zero-order valence-electron chi connectivity index (χ0n) is 9.53. The summed E-state index contributed by atoms with van der Waals surface area (Å²) in [6.45, 7) is 1.84. The predicted octanol–water partition coefficient (Wildman–Crippen LogP) is 2.90. The zero-order valence-corrected chi connectivity index (χ0v) is 11.9. The highest BCUT2D eigenvalue weighted by atomic mass is 79.9. The van der Waals surface area contributed by atoms with Crippen molar-refractivity contribution in [2.24, 2.45) is 0 Å². The van der Waals surface area contributed by atoms with E-state index in [1.54, 1.807) is 11.3 Å². The van der Waals surface area contributed by atoms with Crippen LogP contribution in [0.15, 0.2) is 15.9 Å². The smallest absolute Gasteiger partial charge is 0.305 e. The first-order valence-electron chi connectivity index (χ1n) is 5.10. The van der Waals surface area contributed by atoms with E-state index < -0.39 is 0 Å². The first-order valence-corrected chi connectivity index (χ1v) is 6.77. The van der Waals surface area contributed by atoms with Gasteiger partial charge in [-0.2, -0.15) is 0 Å². The molecule has 0 radical (unpaired) electrons. The lowest BCUT2D eigenvalue weighted by atomic mass is 10.3. The van der Waals surface area contributed by atoms with E-state index in [4.69, 9.17) is 0 Å². The van der Waals surface area contributed by atoms with Gasteiger partial charge in [0.2, 0.25) is 0 Å². The lowest BCUT2D eigenvalue weighted by molar-refractivity contribution is -0.140. The molecule has 0 N–H and O–H groups in total. The van der Waals surface area contributed by atoms with Crippen LogP contribution in [0.1, 0.15) is 17.7 Å². The van der Waals surface area contributed by atoms with Crippen molar-refractivity contribution in [2.75, 3.05) is 20.7 Å². The maximum absolute atomic E-state index is 10.9. The zero-order chi connectivity index (χ0) is 12.0. The molecule has 0 aliphatic carbocycles. The molecule has 0 saturated heterocycles. The molecule has 0 unspecified atom stereocenters. The van der Waals surface area contributed by atoms with E-state index in [2.05, 4.69) is 44.1 Å². The van der Waals surface area contributed by atoms with E-state index in [9.17, 15) is 4.79 Å². The molecule has 0 aromatic carbocycles. The standard InChI is InChI=1S/C11H16BrNO2S/c1-13(5-3-4-11(14)15-2)7-10-6-9(12)8-16-10/h6,8H,3-5,7H2,1-2H3. The van der Waals surface area contributed by atoms with Gasteiger partial charge in [0.15, 0.2) is 0 Å². The van der Waals surface area contributed by atoms with Crippen molar-refractivity contribution < 1.29 is 9.53 Å². The molecular formula is C11H16BrNO2S. The minimum Gasteiger partial charge on any atom is -0.469 e. The molecule has 1 heterocycles. The van der Waals surface area contributed by atoms with Crippen molar-refractivity contribution in [1.29, 1.82) is 0 Å². The second-order valence-corrected chi connectivity index (χ2v) is 5.56. The van der Waals surface area contributed by atoms with Crippen molar-refractivity contribution in [3.63, 3.8) is 0 Å². The van der Waals surface area contributed by atoms with Gasteiger partial charge in [-0.3, -0.25) is 4.79 Å². The van der Waals surface area contributed by atoms with Crippen molar-refractivity contribution in [2.45, 2.75) is 19.4 Å². The first kappa shape index (κ1) is 13.7. The van der Waals surface area contributed by atoms with Crippen LogP contribution in [0.2, 0.25) is 0 Å². The Bertz CT molecular complexity index is 340. The third kappa shape index (κ3) is 5.09. The summed E-state index contributed by atoms with van der Waals surface area (Å²) < 4.78 is 5.73. The number of hydrogen-bond acceptors (Lipinski definition) is 4. The molecule has 1 aromatic rings. The summed E-state index contributed by atoms with van der Waals surface area (Å²) in [5.74, 6) is -0.132. The summed E-state index contributed by atoms with van der Waals surface area (Å²) in [5.41, 5.74) is 0. The Morgan fingerprint density at radius 2 is 2.38 bits per heavy atom. The fourth-order valence-electron chi connectivity index (χ4n) is 1.38. The predicted molar refractivity (Wildman–Crippen MR) is 69.6 cm³/mol. The van der Waals surface area contributed by atoms with Crippen LogP contribution in [-0.4, -0.2) is 31.6 Å². The molecule has 90 valence electrons. The summed E-state index contributed by atoms with van der Waals surface area (Å²) >= 11 is 5.18. The fourth-order valence-corrected chi connectivity index (χ4v) is 2.91. The minimum atomic E-state index is -0.132. The number of rotatable bonds is 6. The Labute approximate surface area is 109 Å². The summed E-state index contributed by atoms with van der Waals surface area (Å²) in [6, 6.07) is 2.13. The van der Waals surface area contributed by atoms with Gasteiger partial charge < -0.3 is 9.64 Å². The highest BCUT2D eigenvalue weighted by molar-refractivity contribution is 9.10. The van der Waals surface area contributed by atoms with Gasteiger partial charge in [0, 0.05) is 27.7 Å². The van der Waals surface area contributed by atoms with Crippen molar-refractivity contribution in [1.82, 2.24) is 4.90 Å². The van der Waals surface area contributed by atoms with E-state index in [0.29, 0.717) is 6.42 Å².